The molecule has 0 aliphatic carbocycles. The summed E-state index contributed by atoms with van der Waals surface area (Å²) in [5, 5.41) is 3.81. The van der Waals surface area contributed by atoms with E-state index in [9.17, 15) is 23.6 Å². The van der Waals surface area contributed by atoms with Crippen LogP contribution in [0.4, 0.5) is 4.39 Å². The fourth-order valence-electron chi connectivity index (χ4n) is 2.74. The van der Waals surface area contributed by atoms with Crippen molar-refractivity contribution in [2.45, 2.75) is 52.2 Å². The van der Waals surface area contributed by atoms with Gasteiger partial charge in [-0.3, -0.25) is 14.4 Å². The van der Waals surface area contributed by atoms with Crippen LogP contribution in [0.3, 0.4) is 0 Å². The molecule has 29 heavy (non-hydrogen) atoms. The van der Waals surface area contributed by atoms with Crippen LogP contribution >= 0.6 is 0 Å². The van der Waals surface area contributed by atoms with Crippen molar-refractivity contribution in [1.82, 2.24) is 9.78 Å². The molecule has 0 unspecified atom stereocenters. The monoisotopic (exact) mass is 416 g/mol. The van der Waals surface area contributed by atoms with Crippen molar-refractivity contribution in [3.8, 4) is 0 Å². The number of ether oxygens (including phenoxy) is 5. The summed E-state index contributed by atoms with van der Waals surface area (Å²) in [6.07, 6.45) is -3.85. The van der Waals surface area contributed by atoms with Crippen LogP contribution in [0.25, 0.3) is 0 Å². The molecule has 2 rings (SSSR count). The molecule has 1 aromatic heterocycles. The Hall–Kier alpha value is -3.02. The average Bonchev–Trinajstić information content (AvgIpc) is 3.14. The highest BCUT2D eigenvalue weighted by atomic mass is 19.1. The van der Waals surface area contributed by atoms with E-state index in [1.807, 2.05) is 0 Å². The highest BCUT2D eigenvalue weighted by molar-refractivity contribution is 5.87. The Labute approximate surface area is 165 Å². The topological polar surface area (TPSA) is 132 Å². The normalized spacial score (nSPS) is 23.3. The first kappa shape index (κ1) is 22.3. The Balaban J connectivity index is 2.38. The quantitative estimate of drug-likeness (QED) is 0.458. The summed E-state index contributed by atoms with van der Waals surface area (Å²) in [6.45, 7) is 4.66. The van der Waals surface area contributed by atoms with E-state index in [2.05, 4.69) is 5.10 Å². The van der Waals surface area contributed by atoms with Gasteiger partial charge in [-0.2, -0.15) is 5.10 Å². The van der Waals surface area contributed by atoms with E-state index < -0.39 is 59.9 Å². The number of halogens is 1. The van der Waals surface area contributed by atoms with Gasteiger partial charge in [0.05, 0.1) is 12.8 Å². The maximum atomic E-state index is 14.2. The number of carbonyl (C=O) groups excluding carboxylic acids is 4. The molecular weight excluding hydrogens is 395 g/mol. The van der Waals surface area contributed by atoms with Crippen molar-refractivity contribution < 1.29 is 47.3 Å². The Morgan fingerprint density at radius 3 is 2.24 bits per heavy atom. The van der Waals surface area contributed by atoms with Crippen molar-refractivity contribution >= 4 is 23.9 Å². The Kier molecular flexibility index (Phi) is 7.26. The van der Waals surface area contributed by atoms with Gasteiger partial charge >= 0.3 is 23.9 Å². The van der Waals surface area contributed by atoms with Gasteiger partial charge in [0.2, 0.25) is 5.69 Å². The molecule has 160 valence electrons. The SMILES string of the molecule is CCOC(=O)c1nn([C@@H]2O[C@H](COC(C)=O)[C@@H](OC(C)=O)[C@H]2OC(C)=O)cc1F. The molecule has 4 atom stereocenters. The summed E-state index contributed by atoms with van der Waals surface area (Å²) in [5.74, 6) is -4.02. The van der Waals surface area contributed by atoms with Crippen molar-refractivity contribution in [3.63, 3.8) is 0 Å². The van der Waals surface area contributed by atoms with Gasteiger partial charge in [0, 0.05) is 20.8 Å². The van der Waals surface area contributed by atoms with Gasteiger partial charge in [-0.05, 0) is 6.92 Å². The van der Waals surface area contributed by atoms with Crippen LogP contribution in [0.2, 0.25) is 0 Å². The first-order valence-corrected chi connectivity index (χ1v) is 8.69. The number of rotatable bonds is 7. The first-order valence-electron chi connectivity index (χ1n) is 8.69. The molecule has 0 N–H and O–H groups in total. The lowest BCUT2D eigenvalue weighted by atomic mass is 10.1. The summed E-state index contributed by atoms with van der Waals surface area (Å²) in [7, 11) is 0. The minimum absolute atomic E-state index is 0.0140. The standard InChI is InChI=1S/C17H21FN2O9/c1-5-25-17(24)13-11(18)6-20(19-13)16-15(28-10(4)23)14(27-9(3)22)12(29-16)7-26-8(2)21/h6,12,14-16H,5,7H2,1-4H3/t12-,14-,15-,16-/m1/s1. The Morgan fingerprint density at radius 1 is 1.07 bits per heavy atom. The number of hydrogen-bond acceptors (Lipinski definition) is 10. The molecule has 1 aromatic rings. The van der Waals surface area contributed by atoms with Gasteiger partial charge in [0.1, 0.15) is 12.7 Å². The van der Waals surface area contributed by atoms with E-state index in [1.54, 1.807) is 6.92 Å². The second-order valence-corrected chi connectivity index (χ2v) is 6.04. The molecule has 1 aliphatic heterocycles. The summed E-state index contributed by atoms with van der Waals surface area (Å²) < 4.78 is 40.8. The lowest BCUT2D eigenvalue weighted by Gasteiger charge is -2.23. The fraction of sp³-hybridized carbons (Fsp3) is 0.588. The van der Waals surface area contributed by atoms with Crippen molar-refractivity contribution in [3.05, 3.63) is 17.7 Å². The van der Waals surface area contributed by atoms with Gasteiger partial charge in [-0.1, -0.05) is 0 Å². The van der Waals surface area contributed by atoms with Crippen LogP contribution in [-0.4, -0.2) is 65.2 Å². The molecule has 0 spiro atoms. The zero-order chi connectivity index (χ0) is 21.7. The molecule has 12 heteroatoms. The molecule has 1 aliphatic rings. The van der Waals surface area contributed by atoms with E-state index >= 15 is 0 Å². The van der Waals surface area contributed by atoms with E-state index in [0.717, 1.165) is 24.7 Å². The molecule has 11 nitrogen and oxygen atoms in total. The zero-order valence-corrected chi connectivity index (χ0v) is 16.2. The minimum Gasteiger partial charge on any atom is -0.463 e. The average molecular weight is 416 g/mol. The molecule has 0 aromatic carbocycles. The molecule has 1 fully saturated rings. The third kappa shape index (κ3) is 5.50. The molecule has 0 saturated carbocycles. The van der Waals surface area contributed by atoms with Crippen molar-refractivity contribution in [1.29, 1.82) is 0 Å². The maximum absolute atomic E-state index is 14.2. The van der Waals surface area contributed by atoms with Crippen LogP contribution in [0.1, 0.15) is 44.4 Å². The summed E-state index contributed by atoms with van der Waals surface area (Å²) in [6, 6.07) is 0. The second-order valence-electron chi connectivity index (χ2n) is 6.04. The van der Waals surface area contributed by atoms with Crippen molar-refractivity contribution in [2.24, 2.45) is 0 Å². The van der Waals surface area contributed by atoms with Crippen LogP contribution in [0, 0.1) is 5.82 Å². The van der Waals surface area contributed by atoms with Crippen LogP contribution in [-0.2, 0) is 38.1 Å². The van der Waals surface area contributed by atoms with Crippen LogP contribution < -0.4 is 0 Å². The van der Waals surface area contributed by atoms with Gasteiger partial charge in [-0.15, -0.1) is 0 Å². The summed E-state index contributed by atoms with van der Waals surface area (Å²) in [5.41, 5.74) is -0.593. The Bertz CT molecular complexity index is 794. The Morgan fingerprint density at radius 2 is 1.69 bits per heavy atom. The predicted octanol–water partition coefficient (Wildman–Crippen LogP) is 0.523. The lowest BCUT2D eigenvalue weighted by molar-refractivity contribution is -0.166. The molecular formula is C17H21FN2O9. The van der Waals surface area contributed by atoms with E-state index in [0.29, 0.717) is 0 Å². The fourth-order valence-corrected chi connectivity index (χ4v) is 2.74. The van der Waals surface area contributed by atoms with Crippen LogP contribution in [0.5, 0.6) is 0 Å². The van der Waals surface area contributed by atoms with E-state index in [1.165, 1.54) is 6.92 Å². The lowest BCUT2D eigenvalue weighted by Crippen LogP contribution is -2.40. The van der Waals surface area contributed by atoms with E-state index in [-0.39, 0.29) is 13.2 Å². The second kappa shape index (κ2) is 9.45. The number of aromatic nitrogens is 2. The van der Waals surface area contributed by atoms with Crippen molar-refractivity contribution in [2.75, 3.05) is 13.2 Å². The number of carbonyl (C=O) groups is 4. The maximum Gasteiger partial charge on any atom is 0.361 e. The van der Waals surface area contributed by atoms with Gasteiger partial charge in [0.15, 0.2) is 24.3 Å². The third-order valence-corrected chi connectivity index (χ3v) is 3.76. The molecule has 0 amide bonds. The van der Waals surface area contributed by atoms with Gasteiger partial charge < -0.3 is 23.7 Å². The summed E-state index contributed by atoms with van der Waals surface area (Å²) in [4.78, 5) is 46.0. The number of esters is 4. The third-order valence-electron chi connectivity index (χ3n) is 3.76. The highest BCUT2D eigenvalue weighted by Crippen LogP contribution is 2.34. The van der Waals surface area contributed by atoms with Crippen LogP contribution in [0.15, 0.2) is 6.20 Å². The first-order chi connectivity index (χ1) is 13.6. The predicted molar refractivity (Wildman–Crippen MR) is 89.8 cm³/mol. The zero-order valence-electron chi connectivity index (χ0n) is 16.2. The summed E-state index contributed by atoms with van der Waals surface area (Å²) >= 11 is 0. The molecule has 0 radical (unpaired) electrons. The largest absolute Gasteiger partial charge is 0.463 e. The van der Waals surface area contributed by atoms with Gasteiger partial charge in [-0.25, -0.2) is 13.9 Å². The molecule has 0 bridgehead atoms. The number of nitrogens with zero attached hydrogens (tertiary/aromatic N) is 2. The van der Waals surface area contributed by atoms with Gasteiger partial charge in [0.25, 0.3) is 0 Å². The molecule has 1 saturated heterocycles. The number of hydrogen-bond donors (Lipinski definition) is 0. The van der Waals surface area contributed by atoms with E-state index in [4.69, 9.17) is 23.7 Å². The highest BCUT2D eigenvalue weighted by Gasteiger charge is 2.51. The molecule has 2 heterocycles. The minimum atomic E-state index is -1.26. The smallest absolute Gasteiger partial charge is 0.361 e.